The highest BCUT2D eigenvalue weighted by molar-refractivity contribution is 7.92. The monoisotopic (exact) mass is 333 g/mol. The summed E-state index contributed by atoms with van der Waals surface area (Å²) in [5.41, 5.74) is 0.467. The molecule has 0 aliphatic carbocycles. The van der Waals surface area contributed by atoms with Crippen molar-refractivity contribution in [2.75, 3.05) is 12.3 Å². The Balaban J connectivity index is 2.24. The van der Waals surface area contributed by atoms with E-state index in [4.69, 9.17) is 11.6 Å². The second kappa shape index (κ2) is 7.07. The van der Waals surface area contributed by atoms with Gasteiger partial charge in [0.25, 0.3) is 0 Å². The van der Waals surface area contributed by atoms with Gasteiger partial charge in [-0.3, -0.25) is 0 Å². The number of hydrogen-bond acceptors (Lipinski definition) is 3. The molecule has 21 heavy (non-hydrogen) atoms. The second-order valence-corrected chi connectivity index (χ2v) is 8.28. The summed E-state index contributed by atoms with van der Waals surface area (Å²) in [6.07, 6.45) is 2.61. The van der Waals surface area contributed by atoms with E-state index in [2.05, 4.69) is 5.32 Å². The second-order valence-electron chi connectivity index (χ2n) is 5.51. The SMILES string of the molecule is CCNC(Cc1cc(Cl)ccc1F)C1CCCCS1(=O)=O. The van der Waals surface area contributed by atoms with E-state index in [0.717, 1.165) is 12.8 Å². The van der Waals surface area contributed by atoms with Crippen LogP contribution in [0.2, 0.25) is 5.02 Å². The van der Waals surface area contributed by atoms with Crippen LogP contribution < -0.4 is 5.32 Å². The van der Waals surface area contributed by atoms with E-state index in [0.29, 0.717) is 30.0 Å². The maximum atomic E-state index is 13.9. The average Bonchev–Trinajstić information content (AvgIpc) is 2.42. The fraction of sp³-hybridized carbons (Fsp3) is 0.600. The van der Waals surface area contributed by atoms with E-state index in [1.807, 2.05) is 6.92 Å². The standard InChI is InChI=1S/C15H21ClFNO2S/c1-2-18-14(15-5-3-4-8-21(15,19)20)10-11-9-12(16)6-7-13(11)17/h6-7,9,14-15,18H,2-5,8,10H2,1H3. The highest BCUT2D eigenvalue weighted by atomic mass is 35.5. The Bertz CT molecular complexity index is 591. The number of benzene rings is 1. The zero-order valence-electron chi connectivity index (χ0n) is 12.1. The molecule has 1 aromatic rings. The molecule has 1 aliphatic heterocycles. The van der Waals surface area contributed by atoms with E-state index in [-0.39, 0.29) is 17.6 Å². The summed E-state index contributed by atoms with van der Waals surface area (Å²) in [7, 11) is -3.11. The molecular weight excluding hydrogens is 313 g/mol. The van der Waals surface area contributed by atoms with Crippen LogP contribution in [0.3, 0.4) is 0 Å². The van der Waals surface area contributed by atoms with Crippen LogP contribution in [0.15, 0.2) is 18.2 Å². The summed E-state index contributed by atoms with van der Waals surface area (Å²) >= 11 is 5.91. The fourth-order valence-electron chi connectivity index (χ4n) is 2.97. The van der Waals surface area contributed by atoms with Crippen LogP contribution in [0, 0.1) is 5.82 Å². The molecule has 0 saturated carbocycles. The van der Waals surface area contributed by atoms with Crippen LogP contribution in [-0.2, 0) is 16.3 Å². The number of rotatable bonds is 5. The minimum atomic E-state index is -3.11. The molecule has 0 aromatic heterocycles. The molecule has 1 aliphatic rings. The summed E-state index contributed by atoms with van der Waals surface area (Å²) in [6.45, 7) is 2.58. The van der Waals surface area contributed by atoms with Crippen molar-refractivity contribution in [3.8, 4) is 0 Å². The van der Waals surface area contributed by atoms with E-state index >= 15 is 0 Å². The molecular formula is C15H21ClFNO2S. The smallest absolute Gasteiger partial charge is 0.154 e. The molecule has 3 nitrogen and oxygen atoms in total. The molecule has 6 heteroatoms. The zero-order chi connectivity index (χ0) is 15.5. The summed E-state index contributed by atoms with van der Waals surface area (Å²) < 4.78 is 38.5. The number of likely N-dealkylation sites (N-methyl/N-ethyl adjacent to an activating group) is 1. The molecule has 0 bridgehead atoms. The summed E-state index contributed by atoms with van der Waals surface area (Å²) in [4.78, 5) is 0. The van der Waals surface area contributed by atoms with Gasteiger partial charge in [0, 0.05) is 11.1 Å². The van der Waals surface area contributed by atoms with E-state index in [1.54, 1.807) is 6.07 Å². The van der Waals surface area contributed by atoms with E-state index < -0.39 is 15.1 Å². The maximum Gasteiger partial charge on any atom is 0.154 e. The van der Waals surface area contributed by atoms with Crippen LogP contribution in [-0.4, -0.2) is 32.0 Å². The van der Waals surface area contributed by atoms with Crippen molar-refractivity contribution in [3.63, 3.8) is 0 Å². The van der Waals surface area contributed by atoms with Gasteiger partial charge in [0.15, 0.2) is 9.84 Å². The molecule has 0 spiro atoms. The van der Waals surface area contributed by atoms with Gasteiger partial charge in [-0.25, -0.2) is 12.8 Å². The van der Waals surface area contributed by atoms with Crippen molar-refractivity contribution in [1.29, 1.82) is 0 Å². The van der Waals surface area contributed by atoms with E-state index in [9.17, 15) is 12.8 Å². The Labute approximate surface area is 130 Å². The molecule has 1 aromatic carbocycles. The first-order valence-electron chi connectivity index (χ1n) is 7.33. The van der Waals surface area contributed by atoms with Gasteiger partial charge in [-0.1, -0.05) is 24.9 Å². The van der Waals surface area contributed by atoms with Gasteiger partial charge in [-0.2, -0.15) is 0 Å². The minimum Gasteiger partial charge on any atom is -0.313 e. The topological polar surface area (TPSA) is 46.2 Å². The van der Waals surface area contributed by atoms with Crippen LogP contribution in [0.25, 0.3) is 0 Å². The predicted molar refractivity (Wildman–Crippen MR) is 84.0 cm³/mol. The zero-order valence-corrected chi connectivity index (χ0v) is 13.7. The van der Waals surface area contributed by atoms with Crippen LogP contribution in [0.1, 0.15) is 31.7 Å². The molecule has 2 unspecified atom stereocenters. The Kier molecular flexibility index (Phi) is 5.63. The Morgan fingerprint density at radius 1 is 1.43 bits per heavy atom. The largest absolute Gasteiger partial charge is 0.313 e. The number of nitrogens with one attached hydrogen (secondary N) is 1. The van der Waals surface area contributed by atoms with Crippen molar-refractivity contribution in [2.45, 2.75) is 43.9 Å². The van der Waals surface area contributed by atoms with Gasteiger partial charge in [-0.05, 0) is 49.6 Å². The Morgan fingerprint density at radius 3 is 2.86 bits per heavy atom. The minimum absolute atomic E-state index is 0.234. The molecule has 1 N–H and O–H groups in total. The summed E-state index contributed by atoms with van der Waals surface area (Å²) in [5, 5.41) is 3.24. The highest BCUT2D eigenvalue weighted by Crippen LogP contribution is 2.25. The van der Waals surface area contributed by atoms with Crippen molar-refractivity contribution in [2.24, 2.45) is 0 Å². The molecule has 118 valence electrons. The summed E-state index contributed by atoms with van der Waals surface area (Å²) in [6, 6.07) is 4.14. The first kappa shape index (κ1) is 16.7. The van der Waals surface area contributed by atoms with Crippen LogP contribution in [0.5, 0.6) is 0 Å². The lowest BCUT2D eigenvalue weighted by Gasteiger charge is -2.31. The highest BCUT2D eigenvalue weighted by Gasteiger charge is 2.35. The molecule has 0 amide bonds. The van der Waals surface area contributed by atoms with Crippen LogP contribution in [0.4, 0.5) is 4.39 Å². The number of halogens is 2. The fourth-order valence-corrected chi connectivity index (χ4v) is 5.29. The Morgan fingerprint density at radius 2 is 2.19 bits per heavy atom. The third kappa shape index (κ3) is 4.18. The van der Waals surface area contributed by atoms with Crippen LogP contribution >= 0.6 is 11.6 Å². The van der Waals surface area contributed by atoms with Gasteiger partial charge in [0.2, 0.25) is 0 Å². The van der Waals surface area contributed by atoms with Crippen molar-refractivity contribution >= 4 is 21.4 Å². The van der Waals surface area contributed by atoms with Gasteiger partial charge >= 0.3 is 0 Å². The normalized spacial score (nSPS) is 22.9. The summed E-state index contributed by atoms with van der Waals surface area (Å²) in [5.74, 6) is -0.104. The van der Waals surface area contributed by atoms with Crippen molar-refractivity contribution in [1.82, 2.24) is 5.32 Å². The van der Waals surface area contributed by atoms with Gasteiger partial charge in [0.05, 0.1) is 11.0 Å². The quantitative estimate of drug-likeness (QED) is 0.901. The lowest BCUT2D eigenvalue weighted by Crippen LogP contribution is -2.48. The Hall–Kier alpha value is -0.650. The molecule has 1 heterocycles. The lowest BCUT2D eigenvalue weighted by molar-refractivity contribution is 0.435. The predicted octanol–water partition coefficient (Wildman–Crippen LogP) is 2.97. The third-order valence-corrected chi connectivity index (χ3v) is 6.57. The molecule has 0 radical (unpaired) electrons. The lowest BCUT2D eigenvalue weighted by atomic mass is 9.99. The molecule has 1 fully saturated rings. The van der Waals surface area contributed by atoms with Crippen molar-refractivity contribution in [3.05, 3.63) is 34.6 Å². The van der Waals surface area contributed by atoms with Gasteiger partial charge in [-0.15, -0.1) is 0 Å². The molecule has 2 rings (SSSR count). The first-order chi connectivity index (χ1) is 9.94. The maximum absolute atomic E-state index is 13.9. The number of sulfone groups is 1. The molecule has 1 saturated heterocycles. The first-order valence-corrected chi connectivity index (χ1v) is 9.42. The van der Waals surface area contributed by atoms with Gasteiger partial charge in [0.1, 0.15) is 5.82 Å². The average molecular weight is 334 g/mol. The van der Waals surface area contributed by atoms with E-state index in [1.165, 1.54) is 12.1 Å². The third-order valence-electron chi connectivity index (χ3n) is 3.99. The number of hydrogen-bond donors (Lipinski definition) is 1. The van der Waals surface area contributed by atoms with Gasteiger partial charge < -0.3 is 5.32 Å². The molecule has 2 atom stereocenters. The van der Waals surface area contributed by atoms with Crippen molar-refractivity contribution < 1.29 is 12.8 Å².